The SMILES string of the molecule is O=C(O)c1ccc(Cl)c(NCc2cccc(Oc3nnnn3-c3ccccc3)c2)c1. The van der Waals surface area contributed by atoms with Gasteiger partial charge in [-0.2, -0.15) is 4.68 Å². The first-order chi connectivity index (χ1) is 14.6. The van der Waals surface area contributed by atoms with Crippen molar-refractivity contribution in [3.8, 4) is 17.4 Å². The van der Waals surface area contributed by atoms with Gasteiger partial charge in [-0.3, -0.25) is 0 Å². The van der Waals surface area contributed by atoms with Crippen LogP contribution in [0.2, 0.25) is 5.02 Å². The lowest BCUT2D eigenvalue weighted by Gasteiger charge is -2.11. The summed E-state index contributed by atoms with van der Waals surface area (Å²) in [5.74, 6) is -0.451. The number of tetrazole rings is 1. The number of rotatable bonds is 7. The standard InChI is InChI=1S/C21H16ClN5O3/c22-18-10-9-15(20(28)29)12-19(18)23-13-14-5-4-8-17(11-14)30-21-24-25-26-27(21)16-6-2-1-3-7-16/h1-12,23H,13H2,(H,28,29). The molecule has 0 saturated heterocycles. The molecule has 3 aromatic carbocycles. The Morgan fingerprint density at radius 2 is 1.90 bits per heavy atom. The summed E-state index contributed by atoms with van der Waals surface area (Å²) in [5, 5.41) is 24.3. The summed E-state index contributed by atoms with van der Waals surface area (Å²) in [7, 11) is 0. The van der Waals surface area contributed by atoms with Crippen LogP contribution in [0.15, 0.2) is 72.8 Å². The maximum absolute atomic E-state index is 11.2. The second-order valence-corrected chi connectivity index (χ2v) is 6.72. The highest BCUT2D eigenvalue weighted by Gasteiger charge is 2.11. The molecule has 0 saturated carbocycles. The molecule has 0 bridgehead atoms. The molecular weight excluding hydrogens is 406 g/mol. The van der Waals surface area contributed by atoms with Gasteiger partial charge in [-0.25, -0.2) is 4.79 Å². The van der Waals surface area contributed by atoms with Crippen LogP contribution in [0.1, 0.15) is 15.9 Å². The van der Waals surface area contributed by atoms with Crippen molar-refractivity contribution < 1.29 is 14.6 Å². The van der Waals surface area contributed by atoms with Gasteiger partial charge in [0.25, 0.3) is 0 Å². The smallest absolute Gasteiger partial charge is 0.345 e. The summed E-state index contributed by atoms with van der Waals surface area (Å²) in [6.07, 6.45) is 0. The average Bonchev–Trinajstić information content (AvgIpc) is 3.22. The van der Waals surface area contributed by atoms with Crippen molar-refractivity contribution in [3.63, 3.8) is 0 Å². The number of ether oxygens (including phenoxy) is 1. The molecule has 0 spiro atoms. The molecule has 4 rings (SSSR count). The molecule has 0 aliphatic carbocycles. The molecule has 8 nitrogen and oxygen atoms in total. The topological polar surface area (TPSA) is 102 Å². The third kappa shape index (κ3) is 4.39. The van der Waals surface area contributed by atoms with Gasteiger partial charge in [-0.1, -0.05) is 47.0 Å². The van der Waals surface area contributed by atoms with E-state index in [0.29, 0.717) is 23.0 Å². The van der Waals surface area contributed by atoms with Gasteiger partial charge < -0.3 is 15.2 Å². The molecule has 0 radical (unpaired) electrons. The molecule has 0 aliphatic heterocycles. The Morgan fingerprint density at radius 3 is 2.70 bits per heavy atom. The lowest BCUT2D eigenvalue weighted by Crippen LogP contribution is -2.03. The van der Waals surface area contributed by atoms with E-state index in [1.807, 2.05) is 48.5 Å². The summed E-state index contributed by atoms with van der Waals surface area (Å²) < 4.78 is 7.37. The fourth-order valence-electron chi connectivity index (χ4n) is 2.79. The van der Waals surface area contributed by atoms with Crippen LogP contribution < -0.4 is 10.1 Å². The Morgan fingerprint density at radius 1 is 1.07 bits per heavy atom. The highest BCUT2D eigenvalue weighted by atomic mass is 35.5. The van der Waals surface area contributed by atoms with Crippen molar-refractivity contribution in [1.29, 1.82) is 0 Å². The van der Waals surface area contributed by atoms with Crippen molar-refractivity contribution in [2.75, 3.05) is 5.32 Å². The van der Waals surface area contributed by atoms with Gasteiger partial charge in [0.05, 0.1) is 22.0 Å². The molecule has 9 heteroatoms. The van der Waals surface area contributed by atoms with E-state index in [-0.39, 0.29) is 11.6 Å². The highest BCUT2D eigenvalue weighted by molar-refractivity contribution is 6.33. The van der Waals surface area contributed by atoms with Gasteiger partial charge >= 0.3 is 12.0 Å². The molecule has 150 valence electrons. The minimum absolute atomic E-state index is 0.159. The first-order valence-corrected chi connectivity index (χ1v) is 9.35. The van der Waals surface area contributed by atoms with Crippen molar-refractivity contribution in [1.82, 2.24) is 20.2 Å². The number of carboxylic acids is 1. The van der Waals surface area contributed by atoms with Gasteiger partial charge in [-0.05, 0) is 58.5 Å². The predicted molar refractivity (Wildman–Crippen MR) is 111 cm³/mol. The summed E-state index contributed by atoms with van der Waals surface area (Å²) in [6, 6.07) is 21.6. The number of carbonyl (C=O) groups is 1. The third-order valence-corrected chi connectivity index (χ3v) is 4.58. The number of halogens is 1. The van der Waals surface area contributed by atoms with E-state index in [1.165, 1.54) is 16.8 Å². The average molecular weight is 422 g/mol. The van der Waals surface area contributed by atoms with Crippen LogP contribution in [-0.4, -0.2) is 31.3 Å². The number of carboxylic acid groups (broad SMARTS) is 1. The number of para-hydroxylation sites is 1. The summed E-state index contributed by atoms with van der Waals surface area (Å²) in [6.45, 7) is 0.420. The Labute approximate surface area is 176 Å². The van der Waals surface area contributed by atoms with Crippen LogP contribution in [0.4, 0.5) is 5.69 Å². The summed E-state index contributed by atoms with van der Waals surface area (Å²) >= 11 is 6.16. The number of hydrogen-bond donors (Lipinski definition) is 2. The number of nitrogens with zero attached hydrogens (tertiary/aromatic N) is 4. The van der Waals surface area contributed by atoms with Crippen LogP contribution in [0, 0.1) is 0 Å². The van der Waals surface area contributed by atoms with Gasteiger partial charge in [0, 0.05) is 6.54 Å². The maximum Gasteiger partial charge on any atom is 0.345 e. The number of anilines is 1. The predicted octanol–water partition coefficient (Wildman–Crippen LogP) is 4.42. The van der Waals surface area contributed by atoms with E-state index >= 15 is 0 Å². The van der Waals surface area contributed by atoms with Crippen LogP contribution in [0.3, 0.4) is 0 Å². The first-order valence-electron chi connectivity index (χ1n) is 8.97. The lowest BCUT2D eigenvalue weighted by molar-refractivity contribution is 0.0697. The van der Waals surface area contributed by atoms with E-state index in [4.69, 9.17) is 21.4 Å². The largest absolute Gasteiger partial charge is 0.478 e. The third-order valence-electron chi connectivity index (χ3n) is 4.25. The quantitative estimate of drug-likeness (QED) is 0.455. The van der Waals surface area contributed by atoms with Crippen molar-refractivity contribution in [2.45, 2.75) is 6.54 Å². The Balaban J connectivity index is 1.49. The van der Waals surface area contributed by atoms with E-state index in [2.05, 4.69) is 20.8 Å². The number of aromatic nitrogens is 4. The minimum Gasteiger partial charge on any atom is -0.478 e. The molecule has 1 aromatic heterocycles. The monoisotopic (exact) mass is 421 g/mol. The van der Waals surface area contributed by atoms with Gasteiger partial charge in [0.2, 0.25) is 0 Å². The molecule has 30 heavy (non-hydrogen) atoms. The minimum atomic E-state index is -1.01. The van der Waals surface area contributed by atoms with Gasteiger partial charge in [0.15, 0.2) is 0 Å². The zero-order valence-corrected chi connectivity index (χ0v) is 16.3. The van der Waals surface area contributed by atoms with Gasteiger partial charge in [0.1, 0.15) is 5.75 Å². The second kappa shape index (κ2) is 8.62. The molecule has 2 N–H and O–H groups in total. The highest BCUT2D eigenvalue weighted by Crippen LogP contribution is 2.25. The molecule has 0 amide bonds. The molecular formula is C21H16ClN5O3. The van der Waals surface area contributed by atoms with E-state index in [0.717, 1.165) is 11.3 Å². The maximum atomic E-state index is 11.2. The zero-order chi connectivity index (χ0) is 20.9. The Bertz CT molecular complexity index is 1180. The number of nitrogens with one attached hydrogen (secondary N) is 1. The van der Waals surface area contributed by atoms with Crippen LogP contribution in [-0.2, 0) is 6.54 Å². The normalized spacial score (nSPS) is 10.6. The van der Waals surface area contributed by atoms with Crippen molar-refractivity contribution in [3.05, 3.63) is 88.9 Å². The Kier molecular flexibility index (Phi) is 5.58. The molecule has 4 aromatic rings. The second-order valence-electron chi connectivity index (χ2n) is 6.31. The van der Waals surface area contributed by atoms with Crippen molar-refractivity contribution in [2.24, 2.45) is 0 Å². The molecule has 0 atom stereocenters. The summed E-state index contributed by atoms with van der Waals surface area (Å²) in [5.41, 5.74) is 2.38. The Hall–Kier alpha value is -3.91. The van der Waals surface area contributed by atoms with Crippen LogP contribution in [0.5, 0.6) is 11.8 Å². The lowest BCUT2D eigenvalue weighted by atomic mass is 10.1. The number of aromatic carboxylic acids is 1. The molecule has 0 aliphatic rings. The van der Waals surface area contributed by atoms with Crippen molar-refractivity contribution >= 4 is 23.3 Å². The van der Waals surface area contributed by atoms with Gasteiger partial charge in [-0.15, -0.1) is 0 Å². The molecule has 1 heterocycles. The number of hydrogen-bond acceptors (Lipinski definition) is 6. The van der Waals surface area contributed by atoms with E-state index < -0.39 is 5.97 Å². The van der Waals surface area contributed by atoms with E-state index in [9.17, 15) is 4.79 Å². The zero-order valence-electron chi connectivity index (χ0n) is 15.6. The number of benzene rings is 3. The van der Waals surface area contributed by atoms with Crippen LogP contribution >= 0.6 is 11.6 Å². The fraction of sp³-hybridized carbons (Fsp3) is 0.0476. The molecule has 0 fully saturated rings. The van der Waals surface area contributed by atoms with E-state index in [1.54, 1.807) is 12.1 Å². The molecule has 0 unspecified atom stereocenters. The first kappa shape index (κ1) is 19.4. The van der Waals surface area contributed by atoms with Crippen LogP contribution in [0.25, 0.3) is 5.69 Å². The fourth-order valence-corrected chi connectivity index (χ4v) is 2.97. The summed E-state index contributed by atoms with van der Waals surface area (Å²) in [4.78, 5) is 11.2.